The number of aryl methyl sites for hydroxylation is 1. The third-order valence-electron chi connectivity index (χ3n) is 11.7. The molecular formula is C53H40N4O2Pt. The van der Waals surface area contributed by atoms with E-state index >= 15 is 0 Å². The summed E-state index contributed by atoms with van der Waals surface area (Å²) in [5.41, 5.74) is 14.7. The zero-order chi connectivity index (χ0) is 39.9. The van der Waals surface area contributed by atoms with Gasteiger partial charge in [-0.3, -0.25) is 9.97 Å². The SMILES string of the molecule is Cc1cc2occc2c2c1nc1c3[c-]c(Oc4[c-]c(-c5nc6ccccc6n5-c5c(C(C)C)cc(-c6ccccc6)cc5C(C)C)ccc4)ccc3c3ccccc3n12.[Pt+2]. The number of benzene rings is 7. The van der Waals surface area contributed by atoms with Crippen molar-refractivity contribution in [2.45, 2.75) is 46.5 Å². The Morgan fingerprint density at radius 1 is 0.633 bits per heavy atom. The van der Waals surface area contributed by atoms with E-state index in [1.807, 2.05) is 24.3 Å². The Hall–Kier alpha value is -6.49. The van der Waals surface area contributed by atoms with Crippen LogP contribution in [0.15, 0.2) is 144 Å². The average molecular weight is 960 g/mol. The summed E-state index contributed by atoms with van der Waals surface area (Å²) in [7, 11) is 0. The van der Waals surface area contributed by atoms with Crippen LogP contribution in [0.1, 0.15) is 56.2 Å². The Bertz CT molecular complexity index is 3420. The third kappa shape index (κ3) is 5.96. The van der Waals surface area contributed by atoms with E-state index in [-0.39, 0.29) is 32.9 Å². The number of furan rings is 1. The second kappa shape index (κ2) is 14.7. The average Bonchev–Trinajstić information content (AvgIpc) is 4.00. The van der Waals surface area contributed by atoms with Crippen LogP contribution in [0.4, 0.5) is 0 Å². The van der Waals surface area contributed by atoms with Gasteiger partial charge in [-0.1, -0.05) is 117 Å². The standard InChI is InChI=1S/C53H40N4O2.Pt/c1-31(2)42-28-36(34-14-7-6-8-15-34)29-43(32(3)4)50(42)57-47-21-12-10-19-45(47)54-52(57)35-16-13-17-37(27-35)59-38-22-23-39-40-18-9-11-20-46(40)56-51-41-24-25-58-48(41)26-33(5)49(51)55-53(56)44(39)30-38;/h6-26,28-29,31-32H,1-5H3;/q-2;+2. The van der Waals surface area contributed by atoms with Crippen LogP contribution in [0, 0.1) is 19.1 Å². The van der Waals surface area contributed by atoms with Crippen molar-refractivity contribution in [3.8, 4) is 39.7 Å². The Kier molecular flexibility index (Phi) is 9.22. The topological polar surface area (TPSA) is 57.5 Å². The maximum Gasteiger partial charge on any atom is 2.00 e. The van der Waals surface area contributed by atoms with Crippen LogP contribution < -0.4 is 4.74 Å². The maximum atomic E-state index is 6.67. The Morgan fingerprint density at radius 3 is 2.13 bits per heavy atom. The summed E-state index contributed by atoms with van der Waals surface area (Å²) in [6, 6.07) is 53.7. The minimum atomic E-state index is 0. The molecule has 0 saturated heterocycles. The van der Waals surface area contributed by atoms with Crippen molar-refractivity contribution in [2.75, 3.05) is 0 Å². The first kappa shape index (κ1) is 37.8. The third-order valence-corrected chi connectivity index (χ3v) is 11.7. The second-order valence-corrected chi connectivity index (χ2v) is 16.1. The monoisotopic (exact) mass is 959 g/mol. The Balaban J connectivity index is 0.00000433. The quantitative estimate of drug-likeness (QED) is 0.118. The number of hydrogen-bond donors (Lipinski definition) is 0. The number of aromatic nitrogens is 4. The molecule has 0 spiro atoms. The number of rotatable bonds is 7. The molecule has 0 aliphatic heterocycles. The Morgan fingerprint density at radius 2 is 1.35 bits per heavy atom. The molecule has 0 aliphatic carbocycles. The fraction of sp³-hybridized carbons (Fsp3) is 0.132. The Labute approximate surface area is 362 Å². The van der Waals surface area contributed by atoms with Gasteiger partial charge in [-0.2, -0.15) is 0 Å². The summed E-state index contributed by atoms with van der Waals surface area (Å²) in [4.78, 5) is 10.5. The number of nitrogens with zero attached hydrogens (tertiary/aromatic N) is 4. The minimum Gasteiger partial charge on any atom is -0.497 e. The summed E-state index contributed by atoms with van der Waals surface area (Å²) < 4.78 is 17.1. The molecule has 11 rings (SSSR count). The molecule has 4 heterocycles. The van der Waals surface area contributed by atoms with E-state index in [0.717, 1.165) is 77.3 Å². The van der Waals surface area contributed by atoms with E-state index in [0.29, 0.717) is 11.5 Å². The molecule has 0 unspecified atom stereocenters. The van der Waals surface area contributed by atoms with Crippen LogP contribution in [0.5, 0.6) is 11.5 Å². The molecule has 0 amide bonds. The summed E-state index contributed by atoms with van der Waals surface area (Å²) >= 11 is 0. The van der Waals surface area contributed by atoms with E-state index < -0.39 is 0 Å². The van der Waals surface area contributed by atoms with E-state index in [9.17, 15) is 0 Å². The molecule has 0 saturated carbocycles. The van der Waals surface area contributed by atoms with Crippen LogP contribution in [-0.4, -0.2) is 18.9 Å². The molecule has 7 aromatic carbocycles. The minimum absolute atomic E-state index is 0. The molecule has 6 nitrogen and oxygen atoms in total. The van der Waals surface area contributed by atoms with Gasteiger partial charge in [0.2, 0.25) is 0 Å². The second-order valence-electron chi connectivity index (χ2n) is 16.1. The van der Waals surface area contributed by atoms with Gasteiger partial charge in [0, 0.05) is 28.1 Å². The molecule has 0 bridgehead atoms. The van der Waals surface area contributed by atoms with Gasteiger partial charge in [0.1, 0.15) is 5.58 Å². The summed E-state index contributed by atoms with van der Waals surface area (Å²) in [5.74, 6) is 2.48. The van der Waals surface area contributed by atoms with Gasteiger partial charge in [0.15, 0.2) is 0 Å². The molecule has 0 N–H and O–H groups in total. The number of hydrogen-bond acceptors (Lipinski definition) is 4. The van der Waals surface area contributed by atoms with Crippen LogP contribution in [0.3, 0.4) is 0 Å². The molecule has 11 aromatic rings. The number of ether oxygens (including phenoxy) is 1. The zero-order valence-corrected chi connectivity index (χ0v) is 36.1. The summed E-state index contributed by atoms with van der Waals surface area (Å²) in [6.07, 6.45) is 1.75. The predicted molar refractivity (Wildman–Crippen MR) is 240 cm³/mol. The number of imidazole rings is 2. The van der Waals surface area contributed by atoms with E-state index in [4.69, 9.17) is 19.1 Å². The van der Waals surface area contributed by atoms with Crippen molar-refractivity contribution >= 4 is 60.4 Å². The molecule has 7 heteroatoms. The zero-order valence-electron chi connectivity index (χ0n) is 33.9. The van der Waals surface area contributed by atoms with Gasteiger partial charge in [-0.05, 0) is 94.4 Å². The van der Waals surface area contributed by atoms with Crippen molar-refractivity contribution in [1.82, 2.24) is 18.9 Å². The molecule has 0 atom stereocenters. The van der Waals surface area contributed by atoms with Gasteiger partial charge < -0.3 is 18.1 Å². The van der Waals surface area contributed by atoms with Crippen LogP contribution in [-0.2, 0) is 21.1 Å². The van der Waals surface area contributed by atoms with Crippen molar-refractivity contribution in [3.05, 3.63) is 169 Å². The van der Waals surface area contributed by atoms with E-state index in [1.54, 1.807) is 6.26 Å². The van der Waals surface area contributed by atoms with Gasteiger partial charge in [0.25, 0.3) is 0 Å². The van der Waals surface area contributed by atoms with Gasteiger partial charge in [0.05, 0.1) is 39.8 Å². The molecule has 0 aliphatic rings. The molecule has 0 radical (unpaired) electrons. The first-order chi connectivity index (χ1) is 28.8. The number of pyridine rings is 1. The fourth-order valence-electron chi connectivity index (χ4n) is 8.88. The maximum absolute atomic E-state index is 6.67. The normalized spacial score (nSPS) is 11.9. The summed E-state index contributed by atoms with van der Waals surface area (Å²) in [5, 5.41) is 4.08. The molecule has 0 fully saturated rings. The van der Waals surface area contributed by atoms with Gasteiger partial charge >= 0.3 is 21.1 Å². The molecule has 294 valence electrons. The molecule has 4 aromatic heterocycles. The van der Waals surface area contributed by atoms with Crippen LogP contribution in [0.2, 0.25) is 0 Å². The van der Waals surface area contributed by atoms with Gasteiger partial charge in [-0.15, -0.1) is 29.8 Å². The van der Waals surface area contributed by atoms with Crippen LogP contribution >= 0.6 is 0 Å². The largest absolute Gasteiger partial charge is 2.00 e. The smallest absolute Gasteiger partial charge is 0.497 e. The predicted octanol–water partition coefficient (Wildman–Crippen LogP) is 14.2. The first-order valence-corrected chi connectivity index (χ1v) is 20.3. The van der Waals surface area contributed by atoms with Gasteiger partial charge in [-0.25, -0.2) is 0 Å². The first-order valence-electron chi connectivity index (χ1n) is 20.3. The number of para-hydroxylation sites is 3. The van der Waals surface area contributed by atoms with Crippen molar-refractivity contribution in [3.63, 3.8) is 0 Å². The van der Waals surface area contributed by atoms with Crippen LogP contribution in [0.25, 0.3) is 88.6 Å². The molecular weight excluding hydrogens is 920 g/mol. The van der Waals surface area contributed by atoms with Crippen molar-refractivity contribution < 1.29 is 30.2 Å². The molecule has 60 heavy (non-hydrogen) atoms. The summed E-state index contributed by atoms with van der Waals surface area (Å²) in [6.45, 7) is 11.2. The van der Waals surface area contributed by atoms with Crippen molar-refractivity contribution in [1.29, 1.82) is 0 Å². The fourth-order valence-corrected chi connectivity index (χ4v) is 8.88. The van der Waals surface area contributed by atoms with E-state index in [2.05, 4.69) is 165 Å². The van der Waals surface area contributed by atoms with Crippen molar-refractivity contribution in [2.24, 2.45) is 0 Å². The van der Waals surface area contributed by atoms with E-state index in [1.165, 1.54) is 27.9 Å². The number of fused-ring (bicyclic) bond motifs is 11.